The topological polar surface area (TPSA) is 87.7 Å². The van der Waals surface area contributed by atoms with E-state index in [9.17, 15) is 13.2 Å². The molecule has 9 heteroatoms. The molecule has 1 saturated heterocycles. The third-order valence-electron chi connectivity index (χ3n) is 4.09. The lowest BCUT2D eigenvalue weighted by Crippen LogP contribution is -2.40. The fourth-order valence-corrected chi connectivity index (χ4v) is 3.87. The maximum absolute atomic E-state index is 12.6. The second-order valence-corrected chi connectivity index (χ2v) is 7.53. The Kier molecular flexibility index (Phi) is 8.81. The zero-order chi connectivity index (χ0) is 17.6. The molecule has 0 radical (unpaired) electrons. The number of methoxy groups -OCH3 is 1. The number of sulfonamides is 1. The number of hydrogen-bond acceptors (Lipinski definition) is 5. The Morgan fingerprint density at radius 3 is 2.60 bits per heavy atom. The van der Waals surface area contributed by atoms with E-state index in [1.165, 1.54) is 19.2 Å². The predicted molar refractivity (Wildman–Crippen MR) is 98.7 cm³/mol. The molecule has 1 aliphatic heterocycles. The highest BCUT2D eigenvalue weighted by atomic mass is 35.5. The van der Waals surface area contributed by atoms with Gasteiger partial charge in [-0.3, -0.25) is 4.79 Å². The van der Waals surface area contributed by atoms with Crippen LogP contribution in [0.25, 0.3) is 0 Å². The van der Waals surface area contributed by atoms with E-state index in [-0.39, 0.29) is 35.8 Å². The molecule has 2 rings (SSSR count). The average Bonchev–Trinajstić information content (AvgIpc) is 3.03. The van der Waals surface area contributed by atoms with Crippen LogP contribution >= 0.6 is 12.4 Å². The van der Waals surface area contributed by atoms with Crippen LogP contribution in [0.4, 0.5) is 0 Å². The first-order valence-corrected chi connectivity index (χ1v) is 9.52. The number of nitrogens with one attached hydrogen (secondary N) is 2. The monoisotopic (exact) mass is 391 g/mol. The van der Waals surface area contributed by atoms with Gasteiger partial charge in [-0.05, 0) is 44.2 Å². The molecule has 0 saturated carbocycles. The van der Waals surface area contributed by atoms with Crippen molar-refractivity contribution in [2.45, 2.75) is 23.8 Å². The number of rotatable bonds is 8. The molecule has 1 aliphatic rings. The molecule has 7 nitrogen and oxygen atoms in total. The highest BCUT2D eigenvalue weighted by Crippen LogP contribution is 2.20. The number of likely N-dealkylation sites (tertiary alicyclic amines) is 1. The second kappa shape index (κ2) is 10.1. The highest BCUT2D eigenvalue weighted by molar-refractivity contribution is 7.89. The molecule has 0 spiro atoms. The van der Waals surface area contributed by atoms with Crippen molar-refractivity contribution in [3.63, 3.8) is 0 Å². The molecular formula is C16H26ClN3O4S. The van der Waals surface area contributed by atoms with Crippen LogP contribution in [0.2, 0.25) is 0 Å². The summed E-state index contributed by atoms with van der Waals surface area (Å²) < 4.78 is 31.5. The molecule has 2 N–H and O–H groups in total. The van der Waals surface area contributed by atoms with Crippen LogP contribution in [-0.4, -0.2) is 65.7 Å². The first-order valence-electron chi connectivity index (χ1n) is 8.04. The lowest BCUT2D eigenvalue weighted by Gasteiger charge is -2.24. The number of amides is 1. The van der Waals surface area contributed by atoms with Gasteiger partial charge in [-0.25, -0.2) is 13.1 Å². The maximum Gasteiger partial charge on any atom is 0.254 e. The minimum Gasteiger partial charge on any atom is -0.383 e. The summed E-state index contributed by atoms with van der Waals surface area (Å²) in [5, 5.41) is 3.11. The van der Waals surface area contributed by atoms with Crippen LogP contribution in [-0.2, 0) is 14.8 Å². The number of hydrogen-bond donors (Lipinski definition) is 2. The minimum atomic E-state index is -3.58. The standard InChI is InChI=1S/C16H25N3O4S.ClH/c1-17-12-14-4-3-10-19(14)16(20)13-5-7-15(8-6-13)24(21,22)18-9-11-23-2;/h5-8,14,17-18H,3-4,9-12H2,1-2H3;1H. The number of carbonyl (C=O) groups is 1. The van der Waals surface area contributed by atoms with E-state index in [2.05, 4.69) is 10.0 Å². The summed E-state index contributed by atoms with van der Waals surface area (Å²) >= 11 is 0. The Hall–Kier alpha value is -1.19. The molecule has 1 heterocycles. The number of carbonyl (C=O) groups excluding carboxylic acids is 1. The lowest BCUT2D eigenvalue weighted by molar-refractivity contribution is 0.0737. The first-order chi connectivity index (χ1) is 11.5. The summed E-state index contributed by atoms with van der Waals surface area (Å²) in [5.74, 6) is -0.0518. The molecule has 1 unspecified atom stereocenters. The van der Waals surface area contributed by atoms with Crippen molar-refractivity contribution >= 4 is 28.3 Å². The molecular weight excluding hydrogens is 366 g/mol. The molecule has 25 heavy (non-hydrogen) atoms. The van der Waals surface area contributed by atoms with Gasteiger partial charge in [-0.2, -0.15) is 0 Å². The van der Waals surface area contributed by atoms with Gasteiger partial charge in [-0.15, -0.1) is 12.4 Å². The fraction of sp³-hybridized carbons (Fsp3) is 0.562. The van der Waals surface area contributed by atoms with Gasteiger partial charge >= 0.3 is 0 Å². The SMILES string of the molecule is CNCC1CCCN1C(=O)c1ccc(S(=O)(=O)NCCOC)cc1.Cl. The Bertz CT molecular complexity index is 652. The molecule has 1 aromatic carbocycles. The van der Waals surface area contributed by atoms with Crippen LogP contribution in [0, 0.1) is 0 Å². The quantitative estimate of drug-likeness (QED) is 0.642. The van der Waals surface area contributed by atoms with Crippen LogP contribution in [0.3, 0.4) is 0 Å². The normalized spacial score (nSPS) is 17.4. The Balaban J connectivity index is 0.00000312. The number of ether oxygens (including phenoxy) is 1. The largest absolute Gasteiger partial charge is 0.383 e. The van der Waals surface area contributed by atoms with E-state index in [0.717, 1.165) is 25.9 Å². The van der Waals surface area contributed by atoms with Crippen LogP contribution in [0.1, 0.15) is 23.2 Å². The van der Waals surface area contributed by atoms with Crippen LogP contribution < -0.4 is 10.0 Å². The van der Waals surface area contributed by atoms with Crippen molar-refractivity contribution in [2.75, 3.05) is 40.4 Å². The van der Waals surface area contributed by atoms with E-state index in [1.54, 1.807) is 12.1 Å². The lowest BCUT2D eigenvalue weighted by atomic mass is 10.1. The van der Waals surface area contributed by atoms with Crippen molar-refractivity contribution in [2.24, 2.45) is 0 Å². The third kappa shape index (κ3) is 5.65. The summed E-state index contributed by atoms with van der Waals surface area (Å²) in [6.07, 6.45) is 1.98. The highest BCUT2D eigenvalue weighted by Gasteiger charge is 2.28. The number of halogens is 1. The molecule has 142 valence electrons. The van der Waals surface area contributed by atoms with Gasteiger partial charge < -0.3 is 15.0 Å². The molecule has 0 aromatic heterocycles. The smallest absolute Gasteiger partial charge is 0.254 e. The van der Waals surface area contributed by atoms with Crippen molar-refractivity contribution in [1.82, 2.24) is 14.9 Å². The first kappa shape index (κ1) is 21.9. The van der Waals surface area contributed by atoms with E-state index in [4.69, 9.17) is 4.74 Å². The number of benzene rings is 1. The summed E-state index contributed by atoms with van der Waals surface area (Å²) in [7, 11) is -0.198. The van der Waals surface area contributed by atoms with E-state index < -0.39 is 10.0 Å². The zero-order valence-electron chi connectivity index (χ0n) is 14.5. The molecule has 1 amide bonds. The van der Waals surface area contributed by atoms with Gasteiger partial charge in [-0.1, -0.05) is 0 Å². The van der Waals surface area contributed by atoms with E-state index in [0.29, 0.717) is 12.2 Å². The fourth-order valence-electron chi connectivity index (χ4n) is 2.85. The van der Waals surface area contributed by atoms with Gasteiger partial charge in [0.05, 0.1) is 11.5 Å². The van der Waals surface area contributed by atoms with Crippen molar-refractivity contribution in [3.05, 3.63) is 29.8 Å². The maximum atomic E-state index is 12.6. The Labute approximate surface area is 155 Å². The number of nitrogens with zero attached hydrogens (tertiary/aromatic N) is 1. The summed E-state index contributed by atoms with van der Waals surface area (Å²) in [6, 6.07) is 6.27. The van der Waals surface area contributed by atoms with Crippen molar-refractivity contribution in [1.29, 1.82) is 0 Å². The molecule has 1 aromatic rings. The third-order valence-corrected chi connectivity index (χ3v) is 5.56. The van der Waals surface area contributed by atoms with E-state index in [1.807, 2.05) is 11.9 Å². The average molecular weight is 392 g/mol. The van der Waals surface area contributed by atoms with Crippen molar-refractivity contribution < 1.29 is 17.9 Å². The summed E-state index contributed by atoms with van der Waals surface area (Å²) in [4.78, 5) is 14.6. The summed E-state index contributed by atoms with van der Waals surface area (Å²) in [6.45, 7) is 2.02. The van der Waals surface area contributed by atoms with Gasteiger partial charge in [0.25, 0.3) is 5.91 Å². The van der Waals surface area contributed by atoms with Crippen LogP contribution in [0.15, 0.2) is 29.2 Å². The van der Waals surface area contributed by atoms with Gasteiger partial charge in [0.2, 0.25) is 10.0 Å². The predicted octanol–water partition coefficient (Wildman–Crippen LogP) is 0.857. The van der Waals surface area contributed by atoms with Crippen molar-refractivity contribution in [3.8, 4) is 0 Å². The summed E-state index contributed by atoms with van der Waals surface area (Å²) in [5.41, 5.74) is 0.508. The Morgan fingerprint density at radius 2 is 2.00 bits per heavy atom. The van der Waals surface area contributed by atoms with E-state index >= 15 is 0 Å². The van der Waals surface area contributed by atoms with Gasteiger partial charge in [0.1, 0.15) is 0 Å². The molecule has 0 bridgehead atoms. The minimum absolute atomic E-state index is 0. The van der Waals surface area contributed by atoms with Gasteiger partial charge in [0, 0.05) is 38.3 Å². The zero-order valence-corrected chi connectivity index (χ0v) is 16.2. The second-order valence-electron chi connectivity index (χ2n) is 5.77. The van der Waals surface area contributed by atoms with Crippen LogP contribution in [0.5, 0.6) is 0 Å². The molecule has 1 fully saturated rings. The molecule has 0 aliphatic carbocycles. The molecule has 1 atom stereocenters. The Morgan fingerprint density at radius 1 is 1.32 bits per heavy atom. The number of likely N-dealkylation sites (N-methyl/N-ethyl adjacent to an activating group) is 1. The van der Waals surface area contributed by atoms with Gasteiger partial charge in [0.15, 0.2) is 0 Å².